The molecule has 0 aliphatic carbocycles. The van der Waals surface area contributed by atoms with Crippen LogP contribution in [0, 0.1) is 12.8 Å². The highest BCUT2D eigenvalue weighted by Crippen LogP contribution is 2.16. The van der Waals surface area contributed by atoms with Gasteiger partial charge in [0.1, 0.15) is 0 Å². The Morgan fingerprint density at radius 3 is 2.72 bits per heavy atom. The van der Waals surface area contributed by atoms with Crippen molar-refractivity contribution in [2.75, 3.05) is 6.54 Å². The highest BCUT2D eigenvalue weighted by atomic mass is 16.3. The first-order valence-corrected chi connectivity index (χ1v) is 8.39. The molecule has 2 heterocycles. The van der Waals surface area contributed by atoms with Crippen molar-refractivity contribution >= 4 is 16.8 Å². The lowest BCUT2D eigenvalue weighted by molar-refractivity contribution is 0.0689. The molecule has 25 heavy (non-hydrogen) atoms. The van der Waals surface area contributed by atoms with Gasteiger partial charge in [0.2, 0.25) is 0 Å². The molecule has 0 saturated heterocycles. The number of pyridine rings is 1. The molecule has 3 rings (SSSR count). The zero-order chi connectivity index (χ0) is 18.0. The van der Waals surface area contributed by atoms with Gasteiger partial charge in [-0.25, -0.2) is 0 Å². The number of hydrogen-bond donors (Lipinski definition) is 1. The van der Waals surface area contributed by atoms with Crippen LogP contribution in [0.25, 0.3) is 10.9 Å². The van der Waals surface area contributed by atoms with E-state index in [4.69, 9.17) is 4.42 Å². The number of H-pyrrole nitrogens is 1. The second-order valence-corrected chi connectivity index (χ2v) is 6.77. The van der Waals surface area contributed by atoms with Crippen LogP contribution in [0.4, 0.5) is 0 Å². The highest BCUT2D eigenvalue weighted by Gasteiger charge is 2.20. The Morgan fingerprint density at radius 1 is 1.24 bits per heavy atom. The maximum atomic E-state index is 12.7. The van der Waals surface area contributed by atoms with Crippen LogP contribution < -0.4 is 5.56 Å². The van der Waals surface area contributed by atoms with E-state index in [0.29, 0.717) is 12.1 Å². The molecule has 2 aromatic heterocycles. The van der Waals surface area contributed by atoms with E-state index in [1.807, 2.05) is 45.0 Å². The van der Waals surface area contributed by atoms with E-state index in [1.54, 1.807) is 17.0 Å². The van der Waals surface area contributed by atoms with Gasteiger partial charge in [0.15, 0.2) is 5.76 Å². The quantitative estimate of drug-likeness (QED) is 0.771. The van der Waals surface area contributed by atoms with E-state index >= 15 is 0 Å². The number of carbonyl (C=O) groups excluding carboxylic acids is 1. The van der Waals surface area contributed by atoms with Gasteiger partial charge >= 0.3 is 0 Å². The summed E-state index contributed by atoms with van der Waals surface area (Å²) in [5.74, 6) is 0.358. The molecule has 5 nitrogen and oxygen atoms in total. The lowest BCUT2D eigenvalue weighted by Gasteiger charge is -2.23. The van der Waals surface area contributed by atoms with Crippen LogP contribution in [-0.2, 0) is 6.54 Å². The molecule has 1 N–H and O–H groups in total. The van der Waals surface area contributed by atoms with Crippen molar-refractivity contribution in [2.45, 2.75) is 27.3 Å². The lowest BCUT2D eigenvalue weighted by atomic mass is 10.1. The monoisotopic (exact) mass is 338 g/mol. The first-order chi connectivity index (χ1) is 11.9. The fourth-order valence-corrected chi connectivity index (χ4v) is 2.90. The number of fused-ring (bicyclic) bond motifs is 1. The largest absolute Gasteiger partial charge is 0.459 e. The predicted molar refractivity (Wildman–Crippen MR) is 97.6 cm³/mol. The number of furan rings is 1. The van der Waals surface area contributed by atoms with E-state index in [2.05, 4.69) is 4.98 Å². The Balaban J connectivity index is 1.94. The van der Waals surface area contributed by atoms with Gasteiger partial charge in [-0.3, -0.25) is 9.59 Å². The van der Waals surface area contributed by atoms with Crippen LogP contribution in [0.1, 0.15) is 35.5 Å². The van der Waals surface area contributed by atoms with Gasteiger partial charge in [0.25, 0.3) is 11.5 Å². The number of amides is 1. The Labute approximate surface area is 146 Å². The molecule has 0 bridgehead atoms. The van der Waals surface area contributed by atoms with Gasteiger partial charge in [-0.05, 0) is 48.1 Å². The van der Waals surface area contributed by atoms with Crippen molar-refractivity contribution in [3.05, 3.63) is 69.9 Å². The number of benzene rings is 1. The Hall–Kier alpha value is -2.82. The fraction of sp³-hybridized carbons (Fsp3) is 0.300. The molecule has 0 spiro atoms. The Kier molecular flexibility index (Phi) is 4.74. The molecule has 0 radical (unpaired) electrons. The van der Waals surface area contributed by atoms with Crippen LogP contribution in [0.5, 0.6) is 0 Å². The van der Waals surface area contributed by atoms with E-state index in [9.17, 15) is 9.59 Å². The summed E-state index contributed by atoms with van der Waals surface area (Å²) in [6.07, 6.45) is 1.48. The van der Waals surface area contributed by atoms with Crippen LogP contribution in [0.2, 0.25) is 0 Å². The SMILES string of the molecule is Cc1ccc2cc(CN(CC(C)C)C(=O)c3ccco3)c(=O)[nH]c2c1. The van der Waals surface area contributed by atoms with Gasteiger partial charge in [0.05, 0.1) is 12.8 Å². The van der Waals surface area contributed by atoms with Crippen LogP contribution in [0.3, 0.4) is 0 Å². The van der Waals surface area contributed by atoms with Crippen molar-refractivity contribution < 1.29 is 9.21 Å². The van der Waals surface area contributed by atoms with Gasteiger partial charge in [0, 0.05) is 17.6 Å². The summed E-state index contributed by atoms with van der Waals surface area (Å²) in [4.78, 5) is 29.7. The molecule has 3 aromatic rings. The molecule has 0 aliphatic rings. The molecule has 0 fully saturated rings. The van der Waals surface area contributed by atoms with Crippen LogP contribution in [0.15, 0.2) is 51.9 Å². The molecule has 5 heteroatoms. The summed E-state index contributed by atoms with van der Waals surface area (Å²) >= 11 is 0. The topological polar surface area (TPSA) is 66.3 Å². The number of aryl methyl sites for hydroxylation is 1. The van der Waals surface area contributed by atoms with E-state index in [1.165, 1.54) is 6.26 Å². The third-order valence-corrected chi connectivity index (χ3v) is 4.04. The third-order valence-electron chi connectivity index (χ3n) is 4.04. The molecule has 0 atom stereocenters. The minimum Gasteiger partial charge on any atom is -0.459 e. The average molecular weight is 338 g/mol. The Morgan fingerprint density at radius 2 is 2.04 bits per heavy atom. The second kappa shape index (κ2) is 6.97. The zero-order valence-corrected chi connectivity index (χ0v) is 14.7. The molecule has 1 aromatic carbocycles. The first kappa shape index (κ1) is 17.0. The first-order valence-electron chi connectivity index (χ1n) is 8.39. The number of aromatic nitrogens is 1. The minimum atomic E-state index is -0.206. The number of nitrogens with one attached hydrogen (secondary N) is 1. The number of aromatic amines is 1. The molecular formula is C20H22N2O3. The van der Waals surface area contributed by atoms with Gasteiger partial charge in [-0.1, -0.05) is 26.0 Å². The number of carbonyl (C=O) groups is 1. The Bertz CT molecular complexity index is 939. The zero-order valence-electron chi connectivity index (χ0n) is 14.7. The summed E-state index contributed by atoms with van der Waals surface area (Å²) in [7, 11) is 0. The molecule has 1 amide bonds. The maximum Gasteiger partial charge on any atom is 0.289 e. The number of rotatable bonds is 5. The van der Waals surface area contributed by atoms with Gasteiger partial charge in [-0.15, -0.1) is 0 Å². The predicted octanol–water partition coefficient (Wildman–Crippen LogP) is 3.73. The van der Waals surface area contributed by atoms with E-state index < -0.39 is 0 Å². The normalized spacial score (nSPS) is 11.2. The third kappa shape index (κ3) is 3.82. The number of nitrogens with zero attached hydrogens (tertiary/aromatic N) is 1. The van der Waals surface area contributed by atoms with Crippen molar-refractivity contribution in [2.24, 2.45) is 5.92 Å². The van der Waals surface area contributed by atoms with Crippen molar-refractivity contribution in [1.82, 2.24) is 9.88 Å². The van der Waals surface area contributed by atoms with Gasteiger partial charge < -0.3 is 14.3 Å². The van der Waals surface area contributed by atoms with Crippen LogP contribution >= 0.6 is 0 Å². The van der Waals surface area contributed by atoms with Crippen molar-refractivity contribution in [1.29, 1.82) is 0 Å². The molecule has 130 valence electrons. The van der Waals surface area contributed by atoms with Crippen molar-refractivity contribution in [3.63, 3.8) is 0 Å². The highest BCUT2D eigenvalue weighted by molar-refractivity contribution is 5.91. The maximum absolute atomic E-state index is 12.7. The molecular weight excluding hydrogens is 316 g/mol. The number of hydrogen-bond acceptors (Lipinski definition) is 3. The summed E-state index contributed by atoms with van der Waals surface area (Å²) in [6.45, 7) is 6.85. The summed E-state index contributed by atoms with van der Waals surface area (Å²) in [5, 5.41) is 0.954. The van der Waals surface area contributed by atoms with E-state index in [-0.39, 0.29) is 29.7 Å². The smallest absolute Gasteiger partial charge is 0.289 e. The van der Waals surface area contributed by atoms with Crippen molar-refractivity contribution in [3.8, 4) is 0 Å². The fourth-order valence-electron chi connectivity index (χ4n) is 2.90. The summed E-state index contributed by atoms with van der Waals surface area (Å²) < 4.78 is 5.23. The van der Waals surface area contributed by atoms with Gasteiger partial charge in [-0.2, -0.15) is 0 Å². The molecule has 0 aliphatic heterocycles. The summed E-state index contributed by atoms with van der Waals surface area (Å²) in [6, 6.07) is 11.1. The van der Waals surface area contributed by atoms with E-state index in [0.717, 1.165) is 16.5 Å². The average Bonchev–Trinajstić information content (AvgIpc) is 3.08. The lowest BCUT2D eigenvalue weighted by Crippen LogP contribution is -2.35. The molecule has 0 saturated carbocycles. The molecule has 0 unspecified atom stereocenters. The minimum absolute atomic E-state index is 0.167. The van der Waals surface area contributed by atoms with Crippen LogP contribution in [-0.4, -0.2) is 22.3 Å². The second-order valence-electron chi connectivity index (χ2n) is 6.77. The summed E-state index contributed by atoms with van der Waals surface area (Å²) in [5.41, 5.74) is 2.29. The standard InChI is InChI=1S/C20H22N2O3/c1-13(2)11-22(20(24)18-5-4-8-25-18)12-16-10-15-7-6-14(3)9-17(15)21-19(16)23/h4-10,13H,11-12H2,1-3H3,(H,21,23).